The summed E-state index contributed by atoms with van der Waals surface area (Å²) in [4.78, 5) is 13.5. The molecule has 0 amide bonds. The molecule has 0 aromatic carbocycles. The predicted molar refractivity (Wildman–Crippen MR) is 18.7 cm³/mol. The van der Waals surface area contributed by atoms with Crippen molar-refractivity contribution in [2.45, 2.75) is 6.92 Å². The first kappa shape index (κ1) is 8.27. The van der Waals surface area contributed by atoms with Crippen LogP contribution in [-0.2, 0) is 29.8 Å². The monoisotopic (exact) mass is 140 g/mol. The first-order valence-electron chi connectivity index (χ1n) is 1.76. The van der Waals surface area contributed by atoms with Crippen molar-refractivity contribution in [1.82, 2.24) is 0 Å². The summed E-state index contributed by atoms with van der Waals surface area (Å²) in [5.41, 5.74) is 0. The van der Waals surface area contributed by atoms with Gasteiger partial charge in [0.25, 0.3) is 0 Å². The molecule has 0 fully saturated rings. The van der Waals surface area contributed by atoms with E-state index in [0.717, 1.165) is 6.92 Å². The second-order valence-corrected chi connectivity index (χ2v) is 0.854. The van der Waals surface area contributed by atoms with Crippen molar-refractivity contribution in [1.29, 1.82) is 0 Å². The third kappa shape index (κ3) is 7.27. The smallest absolute Gasteiger partial charge is 0.267 e. The Hall–Kier alpha value is -0.730. The van der Waals surface area contributed by atoms with Gasteiger partial charge >= 0.3 is 5.97 Å². The molecule has 0 aromatic rings. The van der Waals surface area contributed by atoms with Crippen LogP contribution >= 0.6 is 0 Å². The van der Waals surface area contributed by atoms with Crippen LogP contribution in [0.1, 0.15) is 6.92 Å². The lowest BCUT2D eigenvalue weighted by Gasteiger charge is -1.93. The molecular weight excluding hydrogens is 136 g/mol. The van der Waals surface area contributed by atoms with Crippen LogP contribution in [0.4, 0.5) is 0 Å². The number of hydrogen-bond acceptors (Lipinski definition) is 7. The fourth-order valence-corrected chi connectivity index (χ4v) is 0.0856. The Labute approximate surface area is 49.3 Å². The van der Waals surface area contributed by atoms with Gasteiger partial charge in [-0.2, -0.15) is 0 Å². The van der Waals surface area contributed by atoms with Gasteiger partial charge in [-0.25, -0.2) is 10.1 Å². The second kappa shape index (κ2) is 5.41. The average molecular weight is 140 g/mol. The summed E-state index contributed by atoms with van der Waals surface area (Å²) in [7, 11) is 0. The largest absolute Gasteiger partial charge is 0.342 e. The molecule has 9 heavy (non-hydrogen) atoms. The molecule has 0 bridgehead atoms. The normalized spacial score (nSPS) is 9.11. The highest BCUT2D eigenvalue weighted by molar-refractivity contribution is 5.65. The van der Waals surface area contributed by atoms with Crippen molar-refractivity contribution in [2.24, 2.45) is 0 Å². The fourth-order valence-electron chi connectivity index (χ4n) is 0.0856. The Morgan fingerprint density at radius 1 is 1.33 bits per heavy atom. The number of hydrogen-bond donors (Lipinski definition) is 1. The molecule has 1 N–H and O–H groups in total. The van der Waals surface area contributed by atoms with Gasteiger partial charge in [0, 0.05) is 17.0 Å². The first-order chi connectivity index (χ1) is 4.27. The highest BCUT2D eigenvalue weighted by Gasteiger charge is 1.93. The molecule has 0 atom stereocenters. The minimum absolute atomic E-state index is 0.739. The molecule has 0 unspecified atom stereocenters. The molecule has 0 spiro atoms. The average Bonchev–Trinajstić information content (AvgIpc) is 1.80. The summed E-state index contributed by atoms with van der Waals surface area (Å²) in [6, 6.07) is 0. The molecular formula is C2H4O7. The van der Waals surface area contributed by atoms with Crippen molar-refractivity contribution < 1.29 is 35.1 Å². The summed E-state index contributed by atoms with van der Waals surface area (Å²) >= 11 is 0. The van der Waals surface area contributed by atoms with Gasteiger partial charge < -0.3 is 0 Å². The molecule has 0 aromatic heterocycles. The van der Waals surface area contributed by atoms with E-state index in [1.807, 2.05) is 0 Å². The molecule has 0 aliphatic heterocycles. The van der Waals surface area contributed by atoms with Gasteiger partial charge in [0.1, 0.15) is 0 Å². The van der Waals surface area contributed by atoms with E-state index in [1.165, 1.54) is 0 Å². The molecule has 0 rings (SSSR count). The summed E-state index contributed by atoms with van der Waals surface area (Å²) in [5, 5.41) is 20.3. The zero-order valence-electron chi connectivity index (χ0n) is 4.40. The van der Waals surface area contributed by atoms with Crippen molar-refractivity contribution >= 4 is 5.97 Å². The Morgan fingerprint density at radius 2 is 2.00 bits per heavy atom. The molecule has 0 heterocycles. The third-order valence-corrected chi connectivity index (χ3v) is 0.237. The molecule has 7 heteroatoms. The lowest BCUT2D eigenvalue weighted by Crippen LogP contribution is -2.01. The quantitative estimate of drug-likeness (QED) is 0.327. The maximum absolute atomic E-state index is 9.82. The van der Waals surface area contributed by atoms with E-state index < -0.39 is 5.97 Å². The van der Waals surface area contributed by atoms with E-state index in [-0.39, 0.29) is 0 Å². The number of carbonyl (C=O) groups excluding carboxylic acids is 1. The molecule has 0 saturated heterocycles. The minimum atomic E-state index is -0.739. The molecule has 0 saturated carbocycles. The van der Waals surface area contributed by atoms with Crippen LogP contribution < -0.4 is 0 Å². The SMILES string of the molecule is CC(=O)OOOOOO. The van der Waals surface area contributed by atoms with Gasteiger partial charge in [-0.15, -0.1) is 0 Å². The summed E-state index contributed by atoms with van der Waals surface area (Å²) in [5.74, 6) is -0.739. The van der Waals surface area contributed by atoms with Gasteiger partial charge in [-0.3, -0.25) is 4.89 Å². The first-order valence-corrected chi connectivity index (χ1v) is 1.76. The topological polar surface area (TPSA) is 83.5 Å². The number of carbonyl (C=O) groups is 1. The van der Waals surface area contributed by atoms with E-state index in [4.69, 9.17) is 5.26 Å². The summed E-state index contributed by atoms with van der Waals surface area (Å²) in [6.07, 6.45) is 0. The van der Waals surface area contributed by atoms with Gasteiger partial charge in [0.15, 0.2) is 0 Å². The second-order valence-electron chi connectivity index (χ2n) is 0.854. The van der Waals surface area contributed by atoms with E-state index in [9.17, 15) is 4.79 Å². The third-order valence-electron chi connectivity index (χ3n) is 0.237. The maximum atomic E-state index is 9.82. The van der Waals surface area contributed by atoms with Crippen molar-refractivity contribution in [3.63, 3.8) is 0 Å². The van der Waals surface area contributed by atoms with E-state index in [1.54, 1.807) is 0 Å². The molecule has 54 valence electrons. The van der Waals surface area contributed by atoms with E-state index in [2.05, 4.69) is 25.0 Å². The predicted octanol–water partition coefficient (Wildman–Crippen LogP) is -0.251. The Kier molecular flexibility index (Phi) is 4.97. The Bertz CT molecular complexity index is 79.0. The zero-order chi connectivity index (χ0) is 7.11. The van der Waals surface area contributed by atoms with E-state index in [0.29, 0.717) is 0 Å². The van der Waals surface area contributed by atoms with Crippen molar-refractivity contribution in [3.05, 3.63) is 0 Å². The molecule has 0 aliphatic rings. The zero-order valence-corrected chi connectivity index (χ0v) is 4.40. The molecule has 7 nitrogen and oxygen atoms in total. The maximum Gasteiger partial charge on any atom is 0.342 e. The van der Waals surface area contributed by atoms with Crippen LogP contribution in [0.25, 0.3) is 0 Å². The van der Waals surface area contributed by atoms with Gasteiger partial charge in [-0.1, -0.05) is 0 Å². The lowest BCUT2D eigenvalue weighted by molar-refractivity contribution is -0.745. The van der Waals surface area contributed by atoms with Crippen LogP contribution in [0.2, 0.25) is 0 Å². The van der Waals surface area contributed by atoms with E-state index >= 15 is 0 Å². The highest BCUT2D eigenvalue weighted by Crippen LogP contribution is 1.82. The Balaban J connectivity index is 2.83. The number of rotatable bonds is 4. The van der Waals surface area contributed by atoms with Crippen LogP contribution in [0.15, 0.2) is 0 Å². The van der Waals surface area contributed by atoms with Gasteiger partial charge in [0.2, 0.25) is 0 Å². The minimum Gasteiger partial charge on any atom is -0.267 e. The molecule has 0 aliphatic carbocycles. The van der Waals surface area contributed by atoms with Crippen LogP contribution in [0.3, 0.4) is 0 Å². The molecule has 0 radical (unpaired) electrons. The highest BCUT2D eigenvalue weighted by atomic mass is 17.8. The van der Waals surface area contributed by atoms with Gasteiger partial charge in [-0.05, 0) is 10.1 Å². The summed E-state index contributed by atoms with van der Waals surface area (Å²) in [6.45, 7) is 1.07. The summed E-state index contributed by atoms with van der Waals surface area (Å²) < 4.78 is 0. The van der Waals surface area contributed by atoms with Crippen molar-refractivity contribution in [3.8, 4) is 0 Å². The Morgan fingerprint density at radius 3 is 2.44 bits per heavy atom. The van der Waals surface area contributed by atoms with Crippen LogP contribution in [0, 0.1) is 0 Å². The van der Waals surface area contributed by atoms with Gasteiger partial charge in [0.05, 0.1) is 0 Å². The lowest BCUT2D eigenvalue weighted by atomic mass is 10.9. The van der Waals surface area contributed by atoms with Crippen molar-refractivity contribution in [2.75, 3.05) is 0 Å². The standard InChI is InChI=1S/C2H4O7/c1-2(3)5-7-9-8-6-4/h4H,1H3. The fraction of sp³-hybridized carbons (Fsp3) is 0.500. The van der Waals surface area contributed by atoms with Crippen LogP contribution in [0.5, 0.6) is 0 Å². The van der Waals surface area contributed by atoms with Crippen LogP contribution in [-0.4, -0.2) is 11.2 Å².